The molecular weight excluding hydrogens is 580 g/mol. The summed E-state index contributed by atoms with van der Waals surface area (Å²) in [7, 11) is 0. The van der Waals surface area contributed by atoms with E-state index in [1.165, 1.54) is 6.07 Å². The number of nitrogens with zero attached hydrogens (tertiary/aromatic N) is 5. The summed E-state index contributed by atoms with van der Waals surface area (Å²) in [5.74, 6) is -0.513. The van der Waals surface area contributed by atoms with E-state index in [-0.39, 0.29) is 29.0 Å². The molecule has 2 N–H and O–H groups in total. The molecule has 240 valence electrons. The first kappa shape index (κ1) is 30.0. The van der Waals surface area contributed by atoms with E-state index in [9.17, 15) is 23.8 Å². The molecule has 0 amide bonds. The first-order valence-electron chi connectivity index (χ1n) is 16.3. The molecule has 0 spiro atoms. The largest absolute Gasteiger partial charge is 0.508 e. The minimum Gasteiger partial charge on any atom is -0.508 e. The fourth-order valence-corrected chi connectivity index (χ4v) is 8.19. The number of alkyl halides is 1. The number of carbonyl (C=O) groups is 1. The number of phenolic OH excluding ortho intramolecular Hbond substituents is 1. The Bertz CT molecular complexity index is 1620. The number of aromatic nitrogens is 2. The molecule has 7 rings (SSSR count). The summed E-state index contributed by atoms with van der Waals surface area (Å²) in [6.07, 6.45) is 4.51. The molecule has 3 fully saturated rings. The molecule has 0 aliphatic carbocycles. The Balaban J connectivity index is 1.25. The highest BCUT2D eigenvalue weighted by Crippen LogP contribution is 2.42. The molecule has 3 aromatic rings. The summed E-state index contributed by atoms with van der Waals surface area (Å²) >= 11 is 0. The zero-order valence-electron chi connectivity index (χ0n) is 25.8. The van der Waals surface area contributed by atoms with Gasteiger partial charge in [-0.2, -0.15) is 9.97 Å². The zero-order chi connectivity index (χ0) is 31.3. The Morgan fingerprint density at radius 2 is 1.98 bits per heavy atom. The maximum Gasteiger partial charge on any atom is 0.318 e. The average molecular weight is 622 g/mol. The number of anilines is 2. The van der Waals surface area contributed by atoms with E-state index in [1.807, 2.05) is 6.92 Å². The molecule has 1 unspecified atom stereocenters. The second kappa shape index (κ2) is 11.9. The predicted molar refractivity (Wildman–Crippen MR) is 167 cm³/mol. The van der Waals surface area contributed by atoms with Crippen molar-refractivity contribution in [1.82, 2.24) is 14.9 Å². The summed E-state index contributed by atoms with van der Waals surface area (Å²) in [5, 5.41) is 21.9. The van der Waals surface area contributed by atoms with Crippen molar-refractivity contribution in [3.63, 3.8) is 0 Å². The molecule has 0 saturated carbocycles. The van der Waals surface area contributed by atoms with Crippen LogP contribution in [0.15, 0.2) is 24.3 Å². The number of hydrogen-bond donors (Lipinski definition) is 2. The summed E-state index contributed by atoms with van der Waals surface area (Å²) in [4.78, 5) is 28.1. The Morgan fingerprint density at radius 1 is 1.11 bits per heavy atom. The van der Waals surface area contributed by atoms with Gasteiger partial charge in [0.1, 0.15) is 30.2 Å². The number of aryl methyl sites for hydroxylation is 1. The second-order valence-electron chi connectivity index (χ2n) is 13.2. The number of aromatic hydroxyl groups is 1. The van der Waals surface area contributed by atoms with Gasteiger partial charge in [0.25, 0.3) is 0 Å². The highest BCUT2D eigenvalue weighted by atomic mass is 19.1. The van der Waals surface area contributed by atoms with Crippen molar-refractivity contribution in [2.24, 2.45) is 5.92 Å². The Labute approximate surface area is 261 Å². The van der Waals surface area contributed by atoms with Crippen LogP contribution < -0.4 is 14.5 Å². The number of hydrogen-bond acceptors (Lipinski definition) is 8. The van der Waals surface area contributed by atoms with Crippen LogP contribution in [0.1, 0.15) is 62.3 Å². The molecule has 11 heteroatoms. The first-order valence-corrected chi connectivity index (χ1v) is 16.3. The van der Waals surface area contributed by atoms with Gasteiger partial charge in [0.15, 0.2) is 0 Å². The molecule has 1 aromatic heterocycles. The molecule has 45 heavy (non-hydrogen) atoms. The Hall–Kier alpha value is -3.73. The van der Waals surface area contributed by atoms with Gasteiger partial charge in [-0.3, -0.25) is 9.69 Å². The third kappa shape index (κ3) is 5.53. The number of benzene rings is 2. The van der Waals surface area contributed by atoms with Gasteiger partial charge in [0, 0.05) is 55.3 Å². The topological polar surface area (TPSA) is 102 Å². The number of carboxylic acid groups (broad SMARTS) is 1. The molecular formula is C34H41F2N5O4. The van der Waals surface area contributed by atoms with Gasteiger partial charge in [-0.05, 0) is 74.6 Å². The van der Waals surface area contributed by atoms with Crippen LogP contribution in [-0.4, -0.2) is 82.1 Å². The van der Waals surface area contributed by atoms with E-state index in [2.05, 4.69) is 14.7 Å². The second-order valence-corrected chi connectivity index (χ2v) is 13.2. The molecule has 4 aliphatic heterocycles. The lowest BCUT2D eigenvalue weighted by Crippen LogP contribution is -2.43. The molecule has 5 heterocycles. The predicted octanol–water partition coefficient (Wildman–Crippen LogP) is 5.25. The molecule has 3 atom stereocenters. The van der Waals surface area contributed by atoms with Crippen molar-refractivity contribution < 1.29 is 28.5 Å². The van der Waals surface area contributed by atoms with Crippen LogP contribution in [0.2, 0.25) is 0 Å². The number of rotatable bonds is 7. The lowest BCUT2D eigenvalue weighted by Gasteiger charge is -2.35. The van der Waals surface area contributed by atoms with Crippen molar-refractivity contribution in [3.8, 4) is 11.8 Å². The van der Waals surface area contributed by atoms with E-state index < -0.39 is 12.1 Å². The van der Waals surface area contributed by atoms with E-state index >= 15 is 0 Å². The summed E-state index contributed by atoms with van der Waals surface area (Å²) in [6, 6.07) is 6.78. The molecule has 9 nitrogen and oxygen atoms in total. The van der Waals surface area contributed by atoms with E-state index in [0.29, 0.717) is 77.0 Å². The van der Waals surface area contributed by atoms with Crippen molar-refractivity contribution in [3.05, 3.63) is 46.9 Å². The minimum absolute atomic E-state index is 0.116. The number of fused-ring (bicyclic) bond motifs is 3. The van der Waals surface area contributed by atoms with Gasteiger partial charge in [0.05, 0.1) is 23.7 Å². The van der Waals surface area contributed by atoms with Crippen LogP contribution in [0.3, 0.4) is 0 Å². The number of carboxylic acids is 1. The SMILES string of the molecule is CCc1c(F)ccc2cc(O)cc(N3CCc4c(nc(OC[C@@]56CCCN5C[C@H](F)C6)nc4N4CCCC(C(=O)O)CC4)C3)c12. The van der Waals surface area contributed by atoms with Crippen molar-refractivity contribution in [2.75, 3.05) is 49.1 Å². The molecule has 2 aromatic carbocycles. The van der Waals surface area contributed by atoms with Gasteiger partial charge in [0.2, 0.25) is 0 Å². The lowest BCUT2D eigenvalue weighted by molar-refractivity contribution is -0.142. The van der Waals surface area contributed by atoms with Crippen LogP contribution in [-0.2, 0) is 24.2 Å². The highest BCUT2D eigenvalue weighted by molar-refractivity contribution is 5.98. The third-order valence-corrected chi connectivity index (χ3v) is 10.5. The third-order valence-electron chi connectivity index (χ3n) is 10.5. The Kier molecular flexibility index (Phi) is 7.91. The fourth-order valence-electron chi connectivity index (χ4n) is 8.19. The fraction of sp³-hybridized carbons (Fsp3) is 0.559. The van der Waals surface area contributed by atoms with Crippen molar-refractivity contribution >= 4 is 28.2 Å². The number of ether oxygens (including phenoxy) is 1. The summed E-state index contributed by atoms with van der Waals surface area (Å²) in [5.41, 5.74) is 2.82. The van der Waals surface area contributed by atoms with Crippen LogP contribution in [0.5, 0.6) is 11.8 Å². The minimum atomic E-state index is -0.864. The van der Waals surface area contributed by atoms with Crippen LogP contribution in [0, 0.1) is 11.7 Å². The smallest absolute Gasteiger partial charge is 0.318 e. The maximum absolute atomic E-state index is 15.0. The summed E-state index contributed by atoms with van der Waals surface area (Å²) < 4.78 is 35.8. The quantitative estimate of drug-likeness (QED) is 0.367. The standard InChI is InChI=1S/C34H41F2N5O4/c1-2-25-27(36)7-6-22-15-24(42)16-29(30(22)25)40-14-9-26-28(19-40)37-33(45-20-34-10-4-12-41(34)18-23(35)17-34)38-31(26)39-11-3-5-21(8-13-39)32(43)44/h6-7,15-16,21,23,42H,2-5,8-14,17-20H2,1H3,(H,43,44)/t21?,23-,34+/m1/s1. The summed E-state index contributed by atoms with van der Waals surface area (Å²) in [6.45, 7) is 5.83. The zero-order valence-corrected chi connectivity index (χ0v) is 25.8. The number of phenols is 1. The van der Waals surface area contributed by atoms with Gasteiger partial charge >= 0.3 is 12.0 Å². The number of aliphatic carboxylic acids is 1. The average Bonchev–Trinajstić information content (AvgIpc) is 3.42. The van der Waals surface area contributed by atoms with Crippen LogP contribution >= 0.6 is 0 Å². The molecule has 0 bridgehead atoms. The first-order chi connectivity index (χ1) is 21.7. The van der Waals surface area contributed by atoms with Gasteiger partial charge in [-0.1, -0.05) is 13.0 Å². The van der Waals surface area contributed by atoms with Crippen molar-refractivity contribution in [2.45, 2.75) is 76.5 Å². The van der Waals surface area contributed by atoms with E-state index in [4.69, 9.17) is 14.7 Å². The van der Waals surface area contributed by atoms with Gasteiger partial charge in [-0.25, -0.2) is 8.78 Å². The molecule has 0 radical (unpaired) electrons. The van der Waals surface area contributed by atoms with Gasteiger partial charge in [-0.15, -0.1) is 0 Å². The van der Waals surface area contributed by atoms with Crippen LogP contribution in [0.4, 0.5) is 20.3 Å². The van der Waals surface area contributed by atoms with E-state index in [0.717, 1.165) is 59.3 Å². The maximum atomic E-state index is 15.0. The monoisotopic (exact) mass is 621 g/mol. The van der Waals surface area contributed by atoms with Crippen LogP contribution in [0.25, 0.3) is 10.8 Å². The lowest BCUT2D eigenvalue weighted by atomic mass is 9.95. The van der Waals surface area contributed by atoms with E-state index in [1.54, 1.807) is 18.2 Å². The number of halogens is 2. The molecule has 3 saturated heterocycles. The van der Waals surface area contributed by atoms with Crippen molar-refractivity contribution in [1.29, 1.82) is 0 Å². The van der Waals surface area contributed by atoms with Gasteiger partial charge < -0.3 is 24.7 Å². The Morgan fingerprint density at radius 3 is 2.80 bits per heavy atom. The highest BCUT2D eigenvalue weighted by Gasteiger charge is 2.49. The normalized spacial score (nSPS) is 25.3. The molecule has 4 aliphatic rings.